The third kappa shape index (κ3) is 4.37. The summed E-state index contributed by atoms with van der Waals surface area (Å²) in [5, 5.41) is 0. The summed E-state index contributed by atoms with van der Waals surface area (Å²) in [6, 6.07) is 0. The molecule has 12 heteroatoms. The molecule has 0 aromatic rings. The first-order chi connectivity index (χ1) is 10.3. The maximum Gasteiger partial charge on any atom is 0.460 e. The van der Waals surface area contributed by atoms with Gasteiger partial charge in [0.05, 0.1) is 0 Å². The van der Waals surface area contributed by atoms with Gasteiger partial charge in [0.15, 0.2) is 0 Å². The van der Waals surface area contributed by atoms with Crippen molar-refractivity contribution in [2.45, 2.75) is 72.8 Å². The molecule has 1 atom stereocenters. The molecule has 0 fully saturated rings. The van der Waals surface area contributed by atoms with Crippen LogP contribution in [-0.2, 0) is 0 Å². The van der Waals surface area contributed by atoms with Crippen molar-refractivity contribution in [2.24, 2.45) is 0 Å². The van der Waals surface area contributed by atoms with Gasteiger partial charge in [0.2, 0.25) is 0 Å². The Kier molecular flexibility index (Phi) is 6.92. The number of hydrogen-bond acceptors (Lipinski definition) is 0. The molecule has 0 aromatic heterocycles. The van der Waals surface area contributed by atoms with Crippen molar-refractivity contribution in [1.29, 1.82) is 0 Å². The highest BCUT2D eigenvalue weighted by Gasteiger charge is 2.87. The second-order valence-corrected chi connectivity index (χ2v) is 8.22. The van der Waals surface area contributed by atoms with Crippen molar-refractivity contribution in [3.05, 3.63) is 0 Å². The summed E-state index contributed by atoms with van der Waals surface area (Å²) in [4.78, 5) is 0. The molecule has 0 spiro atoms. The molecule has 0 saturated heterocycles. The summed E-state index contributed by atoms with van der Waals surface area (Å²) >= 11 is 1.26. The molecular weight excluding hydrogens is 480 g/mol. The molecule has 0 aliphatic heterocycles. The lowest BCUT2D eigenvalue weighted by Crippen LogP contribution is -2.67. The highest BCUT2D eigenvalue weighted by molar-refractivity contribution is 14.1. The number of halogens is 12. The Hall–Kier alpha value is -0.0400. The molecule has 0 rings (SSSR count). The van der Waals surface area contributed by atoms with Gasteiger partial charge in [-0.1, -0.05) is 49.3 Å². The van der Waals surface area contributed by atoms with Crippen molar-refractivity contribution in [2.75, 3.05) is 0 Å². The predicted molar refractivity (Wildman–Crippen MR) is 72.4 cm³/mol. The largest absolute Gasteiger partial charge is 0.460 e. The fraction of sp³-hybridized carbons (Fsp3) is 1.00. The molecule has 0 nitrogen and oxygen atoms in total. The summed E-state index contributed by atoms with van der Waals surface area (Å²) < 4.78 is 140. The van der Waals surface area contributed by atoms with Crippen molar-refractivity contribution in [1.82, 2.24) is 0 Å². The van der Waals surface area contributed by atoms with E-state index < -0.39 is 39.7 Å². The number of unbranched alkanes of at least 4 members (excludes halogenated alkanes) is 1. The first-order valence-electron chi connectivity index (χ1n) is 6.54. The first kappa shape index (κ1) is 24.0. The molecule has 0 aliphatic carbocycles. The lowest BCUT2D eigenvalue weighted by Gasteiger charge is -2.39. The number of alkyl halides is 12. The molecule has 1 unspecified atom stereocenters. The average molecular weight is 494 g/mol. The molecular formula is C12H14F11I. The van der Waals surface area contributed by atoms with Crippen molar-refractivity contribution < 1.29 is 48.3 Å². The standard InChI is InChI=1S/C12H14F11I/c1-3-4-5-7(2,24)6-8(13,14)9(15,16)10(17,18)11(19,20)12(21,22)23/h3-6H2,1-2H3. The summed E-state index contributed by atoms with van der Waals surface area (Å²) in [6.45, 7) is 2.62. The Bertz CT molecular complexity index is 425. The quantitative estimate of drug-likeness (QED) is 0.197. The Morgan fingerprint density at radius 2 is 1.12 bits per heavy atom. The SMILES string of the molecule is CCCCC(C)(I)CC(F)(F)C(F)(F)C(F)(F)C(F)(F)C(F)(F)F. The van der Waals surface area contributed by atoms with E-state index in [1.807, 2.05) is 0 Å². The van der Waals surface area contributed by atoms with Crippen molar-refractivity contribution in [3.63, 3.8) is 0 Å². The minimum absolute atomic E-state index is 0.142. The zero-order valence-corrected chi connectivity index (χ0v) is 14.5. The average Bonchev–Trinajstić information content (AvgIpc) is 2.33. The molecule has 0 bridgehead atoms. The van der Waals surface area contributed by atoms with Gasteiger partial charge < -0.3 is 0 Å². The van der Waals surface area contributed by atoms with Gasteiger partial charge in [-0.2, -0.15) is 48.3 Å². The Labute approximate surface area is 144 Å². The first-order valence-corrected chi connectivity index (χ1v) is 7.61. The number of hydrogen-bond donors (Lipinski definition) is 0. The Morgan fingerprint density at radius 1 is 0.708 bits per heavy atom. The zero-order chi connectivity index (χ0) is 19.8. The fourth-order valence-corrected chi connectivity index (χ4v) is 2.67. The third-order valence-corrected chi connectivity index (χ3v) is 4.17. The van der Waals surface area contributed by atoms with Crippen LogP contribution in [0, 0.1) is 0 Å². The van der Waals surface area contributed by atoms with E-state index in [1.54, 1.807) is 6.92 Å². The highest BCUT2D eigenvalue weighted by atomic mass is 127. The van der Waals surface area contributed by atoms with Crippen molar-refractivity contribution in [3.8, 4) is 0 Å². The maximum atomic E-state index is 13.6. The van der Waals surface area contributed by atoms with E-state index in [0.29, 0.717) is 6.42 Å². The van der Waals surface area contributed by atoms with Gasteiger partial charge in [-0.3, -0.25) is 0 Å². The predicted octanol–water partition coefficient (Wildman–Crippen LogP) is 6.86. The molecule has 24 heavy (non-hydrogen) atoms. The van der Waals surface area contributed by atoms with Gasteiger partial charge in [0.1, 0.15) is 0 Å². The van der Waals surface area contributed by atoms with E-state index in [4.69, 9.17) is 0 Å². The molecule has 0 saturated carbocycles. The van der Waals surface area contributed by atoms with Crippen LogP contribution in [-0.4, -0.2) is 33.3 Å². The van der Waals surface area contributed by atoms with Crippen LogP contribution in [0.2, 0.25) is 0 Å². The van der Waals surface area contributed by atoms with Crippen molar-refractivity contribution >= 4 is 22.6 Å². The van der Waals surface area contributed by atoms with E-state index in [9.17, 15) is 48.3 Å². The van der Waals surface area contributed by atoms with Gasteiger partial charge >= 0.3 is 29.9 Å². The minimum Gasteiger partial charge on any atom is -0.200 e. The van der Waals surface area contributed by atoms with Crippen LogP contribution in [0.25, 0.3) is 0 Å². The molecule has 0 N–H and O–H groups in total. The van der Waals surface area contributed by atoms with Gasteiger partial charge in [-0.25, -0.2) is 0 Å². The van der Waals surface area contributed by atoms with Gasteiger partial charge in [0.25, 0.3) is 0 Å². The monoisotopic (exact) mass is 494 g/mol. The van der Waals surface area contributed by atoms with E-state index in [2.05, 4.69) is 0 Å². The Morgan fingerprint density at radius 3 is 1.46 bits per heavy atom. The minimum atomic E-state index is -7.32. The summed E-state index contributed by atoms with van der Waals surface area (Å²) in [7, 11) is 0. The Balaban J connectivity index is 5.77. The van der Waals surface area contributed by atoms with Crippen LogP contribution < -0.4 is 0 Å². The summed E-state index contributed by atoms with van der Waals surface area (Å²) in [6.07, 6.45) is -8.56. The van der Waals surface area contributed by atoms with Gasteiger partial charge in [-0.05, 0) is 6.42 Å². The molecule has 0 aromatic carbocycles. The van der Waals surface area contributed by atoms with Crippen LogP contribution in [0.3, 0.4) is 0 Å². The van der Waals surface area contributed by atoms with E-state index in [0.717, 1.165) is 6.92 Å². The normalized spacial score (nSPS) is 17.8. The van der Waals surface area contributed by atoms with Crippen LogP contribution >= 0.6 is 22.6 Å². The lowest BCUT2D eigenvalue weighted by molar-refractivity contribution is -0.422. The van der Waals surface area contributed by atoms with Crippen LogP contribution in [0.5, 0.6) is 0 Å². The summed E-state index contributed by atoms with van der Waals surface area (Å²) in [5.41, 5.74) is 0. The molecule has 0 amide bonds. The molecule has 0 radical (unpaired) electrons. The fourth-order valence-electron chi connectivity index (χ4n) is 1.81. The van der Waals surface area contributed by atoms with Crippen LogP contribution in [0.15, 0.2) is 0 Å². The second kappa shape index (κ2) is 6.93. The molecule has 146 valence electrons. The topological polar surface area (TPSA) is 0 Å². The van der Waals surface area contributed by atoms with E-state index >= 15 is 0 Å². The smallest absolute Gasteiger partial charge is 0.200 e. The van der Waals surface area contributed by atoms with Gasteiger partial charge in [-0.15, -0.1) is 0 Å². The van der Waals surface area contributed by atoms with Crippen LogP contribution in [0.4, 0.5) is 48.3 Å². The second-order valence-electron chi connectivity index (χ2n) is 5.62. The molecule has 0 aliphatic rings. The lowest BCUT2D eigenvalue weighted by atomic mass is 9.89. The molecule has 0 heterocycles. The zero-order valence-electron chi connectivity index (χ0n) is 12.4. The summed E-state index contributed by atoms with van der Waals surface area (Å²) in [5.74, 6) is -27.3. The number of rotatable bonds is 8. The third-order valence-electron chi connectivity index (χ3n) is 3.25. The highest BCUT2D eigenvalue weighted by Crippen LogP contribution is 2.59. The van der Waals surface area contributed by atoms with E-state index in [-0.39, 0.29) is 12.8 Å². The maximum absolute atomic E-state index is 13.6. The van der Waals surface area contributed by atoms with Gasteiger partial charge in [0, 0.05) is 9.84 Å². The van der Waals surface area contributed by atoms with E-state index in [1.165, 1.54) is 22.6 Å². The van der Waals surface area contributed by atoms with Crippen LogP contribution in [0.1, 0.15) is 39.5 Å².